The molecule has 4 nitrogen and oxygen atoms in total. The second-order valence-electron chi connectivity index (χ2n) is 5.08. The molecule has 18 heavy (non-hydrogen) atoms. The molecule has 94 valence electrons. The van der Waals surface area contributed by atoms with Gasteiger partial charge in [0.05, 0.1) is 17.6 Å². The Morgan fingerprint density at radius 2 is 2.17 bits per heavy atom. The van der Waals surface area contributed by atoms with Crippen molar-refractivity contribution >= 4 is 0 Å². The molecule has 1 heterocycles. The maximum atomic E-state index is 4.20. The number of hydrogen-bond donors (Lipinski definition) is 1. The van der Waals surface area contributed by atoms with Gasteiger partial charge in [0.25, 0.3) is 0 Å². The van der Waals surface area contributed by atoms with Crippen LogP contribution in [0.1, 0.15) is 29.7 Å². The molecule has 3 rings (SSSR count). The van der Waals surface area contributed by atoms with Gasteiger partial charge in [-0.05, 0) is 38.3 Å². The zero-order chi connectivity index (χ0) is 12.5. The molecule has 2 aromatic rings. The molecule has 0 bridgehead atoms. The summed E-state index contributed by atoms with van der Waals surface area (Å²) in [6.07, 6.45) is 4.44. The molecule has 1 aliphatic carbocycles. The van der Waals surface area contributed by atoms with Gasteiger partial charge in [-0.15, -0.1) is 5.10 Å². The van der Waals surface area contributed by atoms with Crippen molar-refractivity contribution in [1.82, 2.24) is 20.3 Å². The fraction of sp³-hybridized carbons (Fsp3) is 0.429. The Hall–Kier alpha value is -1.68. The van der Waals surface area contributed by atoms with Crippen molar-refractivity contribution < 1.29 is 0 Å². The van der Waals surface area contributed by atoms with Crippen LogP contribution in [-0.4, -0.2) is 21.0 Å². The van der Waals surface area contributed by atoms with Crippen molar-refractivity contribution in [1.29, 1.82) is 0 Å². The minimum atomic E-state index is 0.701. The van der Waals surface area contributed by atoms with Crippen molar-refractivity contribution in [3.63, 3.8) is 0 Å². The molecule has 1 fully saturated rings. The molecule has 0 atom stereocenters. The van der Waals surface area contributed by atoms with Gasteiger partial charge < -0.3 is 5.32 Å². The standard InChI is InChI=1S/C14H18N4/c1-10-3-6-14(11(2)7-10)18-13(9-16-17-18)8-15-12-4-5-12/h3,6-7,9,12,15H,4-5,8H2,1-2H3. The molecule has 0 radical (unpaired) electrons. The topological polar surface area (TPSA) is 42.7 Å². The fourth-order valence-electron chi connectivity index (χ4n) is 2.16. The van der Waals surface area contributed by atoms with Crippen molar-refractivity contribution in [3.8, 4) is 5.69 Å². The number of nitrogens with one attached hydrogen (secondary N) is 1. The molecule has 4 heteroatoms. The number of rotatable bonds is 4. The van der Waals surface area contributed by atoms with E-state index in [0.29, 0.717) is 6.04 Å². The van der Waals surface area contributed by atoms with Crippen molar-refractivity contribution in [2.24, 2.45) is 0 Å². The summed E-state index contributed by atoms with van der Waals surface area (Å²) in [5.74, 6) is 0. The van der Waals surface area contributed by atoms with E-state index in [1.54, 1.807) is 0 Å². The molecular formula is C14H18N4. The summed E-state index contributed by atoms with van der Waals surface area (Å²) in [7, 11) is 0. The summed E-state index contributed by atoms with van der Waals surface area (Å²) in [6.45, 7) is 5.06. The van der Waals surface area contributed by atoms with Gasteiger partial charge in [0.2, 0.25) is 0 Å². The Morgan fingerprint density at radius 3 is 2.89 bits per heavy atom. The molecule has 1 aromatic carbocycles. The minimum absolute atomic E-state index is 0.701. The van der Waals surface area contributed by atoms with Crippen LogP contribution in [0.3, 0.4) is 0 Å². The molecule has 0 spiro atoms. The first kappa shape index (κ1) is 11.4. The van der Waals surface area contributed by atoms with E-state index in [9.17, 15) is 0 Å². The van der Waals surface area contributed by atoms with E-state index in [1.807, 2.05) is 10.9 Å². The molecule has 0 saturated heterocycles. The Labute approximate surface area is 107 Å². The van der Waals surface area contributed by atoms with Crippen LogP contribution in [-0.2, 0) is 6.54 Å². The predicted octanol–water partition coefficient (Wildman–Crippen LogP) is 2.14. The Balaban J connectivity index is 1.88. The van der Waals surface area contributed by atoms with E-state index in [0.717, 1.165) is 17.9 Å². The average Bonchev–Trinajstić information content (AvgIpc) is 3.06. The van der Waals surface area contributed by atoms with Crippen molar-refractivity contribution in [2.45, 2.75) is 39.3 Å². The van der Waals surface area contributed by atoms with Gasteiger partial charge in [-0.25, -0.2) is 4.68 Å². The highest BCUT2D eigenvalue weighted by atomic mass is 15.4. The maximum Gasteiger partial charge on any atom is 0.0783 e. The zero-order valence-electron chi connectivity index (χ0n) is 10.8. The summed E-state index contributed by atoms with van der Waals surface area (Å²) in [5.41, 5.74) is 4.74. The quantitative estimate of drug-likeness (QED) is 0.893. The highest BCUT2D eigenvalue weighted by Gasteiger charge is 2.21. The zero-order valence-corrected chi connectivity index (χ0v) is 10.8. The fourth-order valence-corrected chi connectivity index (χ4v) is 2.16. The third-order valence-electron chi connectivity index (χ3n) is 3.35. The average molecular weight is 242 g/mol. The highest BCUT2D eigenvalue weighted by Crippen LogP contribution is 2.20. The number of aromatic nitrogens is 3. The van der Waals surface area contributed by atoms with Gasteiger partial charge in [0, 0.05) is 12.6 Å². The van der Waals surface area contributed by atoms with Gasteiger partial charge >= 0.3 is 0 Å². The molecule has 0 aliphatic heterocycles. The molecule has 1 aliphatic rings. The van der Waals surface area contributed by atoms with Crippen molar-refractivity contribution in [3.05, 3.63) is 41.2 Å². The third kappa shape index (κ3) is 2.29. The largest absolute Gasteiger partial charge is 0.308 e. The van der Waals surface area contributed by atoms with Gasteiger partial charge in [0.1, 0.15) is 0 Å². The van der Waals surface area contributed by atoms with E-state index in [4.69, 9.17) is 0 Å². The molecule has 0 amide bonds. The maximum absolute atomic E-state index is 4.20. The van der Waals surface area contributed by atoms with E-state index in [2.05, 4.69) is 47.7 Å². The van der Waals surface area contributed by atoms with Crippen LogP contribution in [0.25, 0.3) is 5.69 Å². The highest BCUT2D eigenvalue weighted by molar-refractivity contribution is 5.42. The second-order valence-corrected chi connectivity index (χ2v) is 5.08. The van der Waals surface area contributed by atoms with Crippen LogP contribution in [0.2, 0.25) is 0 Å². The second kappa shape index (κ2) is 4.53. The van der Waals surface area contributed by atoms with Crippen LogP contribution in [0, 0.1) is 13.8 Å². The number of nitrogens with zero attached hydrogens (tertiary/aromatic N) is 3. The molecule has 1 N–H and O–H groups in total. The van der Waals surface area contributed by atoms with Gasteiger partial charge in [-0.2, -0.15) is 0 Å². The lowest BCUT2D eigenvalue weighted by Gasteiger charge is -2.10. The summed E-state index contributed by atoms with van der Waals surface area (Å²) >= 11 is 0. The number of hydrogen-bond acceptors (Lipinski definition) is 3. The summed E-state index contributed by atoms with van der Waals surface area (Å²) in [4.78, 5) is 0. The minimum Gasteiger partial charge on any atom is -0.308 e. The number of benzene rings is 1. The summed E-state index contributed by atoms with van der Waals surface area (Å²) in [6, 6.07) is 7.10. The van der Waals surface area contributed by atoms with Crippen LogP contribution >= 0.6 is 0 Å². The predicted molar refractivity (Wildman–Crippen MR) is 70.7 cm³/mol. The van der Waals surface area contributed by atoms with Gasteiger partial charge in [0.15, 0.2) is 0 Å². The number of aryl methyl sites for hydroxylation is 2. The smallest absolute Gasteiger partial charge is 0.0783 e. The lowest BCUT2D eigenvalue weighted by molar-refractivity contribution is 0.646. The Morgan fingerprint density at radius 1 is 1.33 bits per heavy atom. The summed E-state index contributed by atoms with van der Waals surface area (Å²) < 4.78 is 1.93. The third-order valence-corrected chi connectivity index (χ3v) is 3.35. The van der Waals surface area contributed by atoms with Crippen LogP contribution in [0.4, 0.5) is 0 Å². The van der Waals surface area contributed by atoms with E-state index in [1.165, 1.54) is 24.0 Å². The lowest BCUT2D eigenvalue weighted by Crippen LogP contribution is -2.18. The SMILES string of the molecule is Cc1ccc(-n2nncc2CNC2CC2)c(C)c1. The monoisotopic (exact) mass is 242 g/mol. The molecule has 0 unspecified atom stereocenters. The normalized spacial score (nSPS) is 15.0. The van der Waals surface area contributed by atoms with Gasteiger partial charge in [-0.3, -0.25) is 0 Å². The van der Waals surface area contributed by atoms with Crippen LogP contribution in [0.5, 0.6) is 0 Å². The Bertz CT molecular complexity index is 555. The van der Waals surface area contributed by atoms with Crippen molar-refractivity contribution in [2.75, 3.05) is 0 Å². The van der Waals surface area contributed by atoms with Crippen LogP contribution < -0.4 is 5.32 Å². The summed E-state index contributed by atoms with van der Waals surface area (Å²) in [5, 5.41) is 11.7. The first-order chi connectivity index (χ1) is 8.74. The Kier molecular flexibility index (Phi) is 2.88. The first-order valence-corrected chi connectivity index (χ1v) is 6.44. The van der Waals surface area contributed by atoms with E-state index in [-0.39, 0.29) is 0 Å². The molecular weight excluding hydrogens is 224 g/mol. The lowest BCUT2D eigenvalue weighted by atomic mass is 10.1. The molecule has 1 aromatic heterocycles. The van der Waals surface area contributed by atoms with Crippen LogP contribution in [0.15, 0.2) is 24.4 Å². The first-order valence-electron chi connectivity index (χ1n) is 6.44. The van der Waals surface area contributed by atoms with Gasteiger partial charge in [-0.1, -0.05) is 22.9 Å². The van der Waals surface area contributed by atoms with E-state index < -0.39 is 0 Å². The van der Waals surface area contributed by atoms with E-state index >= 15 is 0 Å². The molecule has 1 saturated carbocycles.